The van der Waals surface area contributed by atoms with Crippen LogP contribution in [0.15, 0.2) is 29.2 Å². The fourth-order valence-corrected chi connectivity index (χ4v) is 2.55. The number of rotatable bonds is 6. The summed E-state index contributed by atoms with van der Waals surface area (Å²) < 4.78 is 22.8. The summed E-state index contributed by atoms with van der Waals surface area (Å²) in [7, 11) is -3.13. The maximum absolute atomic E-state index is 11.4. The first-order valence-corrected chi connectivity index (χ1v) is 8.27. The van der Waals surface area contributed by atoms with Crippen molar-refractivity contribution in [2.24, 2.45) is 0 Å². The van der Waals surface area contributed by atoms with Crippen molar-refractivity contribution in [3.05, 3.63) is 29.8 Å². The smallest absolute Gasteiger partial charge is 0.175 e. The van der Waals surface area contributed by atoms with Crippen molar-refractivity contribution >= 4 is 9.84 Å². The van der Waals surface area contributed by atoms with Crippen LogP contribution in [0.1, 0.15) is 38.3 Å². The lowest BCUT2D eigenvalue weighted by atomic mass is 10.1. The number of nitrogens with one attached hydrogen (secondary N) is 1. The average Bonchev–Trinajstić information content (AvgIpc) is 2.37. The van der Waals surface area contributed by atoms with Crippen LogP contribution in [0.2, 0.25) is 0 Å². The van der Waals surface area contributed by atoms with Gasteiger partial charge in [-0.05, 0) is 31.0 Å². The molecule has 0 spiro atoms. The minimum Gasteiger partial charge on any atom is -0.307 e. The van der Waals surface area contributed by atoms with Gasteiger partial charge in [-0.25, -0.2) is 8.42 Å². The molecule has 0 fully saturated rings. The largest absolute Gasteiger partial charge is 0.307 e. The van der Waals surface area contributed by atoms with Gasteiger partial charge in [-0.2, -0.15) is 0 Å². The maximum atomic E-state index is 11.4. The molecule has 0 aliphatic carbocycles. The van der Waals surface area contributed by atoms with Crippen molar-refractivity contribution in [2.75, 3.05) is 6.26 Å². The van der Waals surface area contributed by atoms with Crippen LogP contribution in [-0.2, 0) is 9.84 Å². The Morgan fingerprint density at radius 1 is 1.32 bits per heavy atom. The number of terminal acetylenes is 1. The summed E-state index contributed by atoms with van der Waals surface area (Å²) in [5, 5.41) is 3.45. The second-order valence-electron chi connectivity index (χ2n) is 4.74. The van der Waals surface area contributed by atoms with Crippen LogP contribution in [0, 0.1) is 12.3 Å². The molecule has 0 radical (unpaired) electrons. The van der Waals surface area contributed by atoms with E-state index in [1.807, 2.05) is 12.1 Å². The predicted molar refractivity (Wildman–Crippen MR) is 78.6 cm³/mol. The van der Waals surface area contributed by atoms with Gasteiger partial charge in [0.15, 0.2) is 9.84 Å². The molecule has 0 saturated carbocycles. The van der Waals surface area contributed by atoms with Crippen LogP contribution < -0.4 is 5.32 Å². The third-order valence-corrected chi connectivity index (χ3v) is 4.28. The molecule has 3 nitrogen and oxygen atoms in total. The van der Waals surface area contributed by atoms with Crippen LogP contribution in [0.5, 0.6) is 0 Å². The summed E-state index contributed by atoms with van der Waals surface area (Å²) in [6.45, 7) is 4.14. The van der Waals surface area contributed by atoms with E-state index in [2.05, 4.69) is 25.1 Å². The Kier molecular flexibility index (Phi) is 5.59. The molecule has 0 amide bonds. The lowest BCUT2D eigenvalue weighted by molar-refractivity contribution is 0.449. The van der Waals surface area contributed by atoms with Crippen LogP contribution >= 0.6 is 0 Å². The molecule has 0 heterocycles. The fraction of sp³-hybridized carbons (Fsp3) is 0.467. The number of benzene rings is 1. The van der Waals surface area contributed by atoms with E-state index in [9.17, 15) is 8.42 Å². The highest BCUT2D eigenvalue weighted by atomic mass is 32.2. The van der Waals surface area contributed by atoms with Crippen molar-refractivity contribution in [1.29, 1.82) is 0 Å². The third kappa shape index (κ3) is 4.70. The molecular weight excluding hydrogens is 258 g/mol. The van der Waals surface area contributed by atoms with Gasteiger partial charge in [0.05, 0.1) is 4.90 Å². The van der Waals surface area contributed by atoms with Gasteiger partial charge in [0, 0.05) is 24.8 Å². The highest BCUT2D eigenvalue weighted by Gasteiger charge is 2.12. The first kappa shape index (κ1) is 15.7. The molecule has 4 heteroatoms. The van der Waals surface area contributed by atoms with Crippen molar-refractivity contribution < 1.29 is 8.42 Å². The molecule has 1 rings (SSSR count). The normalized spacial score (nSPS) is 14.6. The van der Waals surface area contributed by atoms with Gasteiger partial charge in [-0.3, -0.25) is 0 Å². The number of sulfone groups is 1. The van der Waals surface area contributed by atoms with Crippen LogP contribution in [0.3, 0.4) is 0 Å². The second kappa shape index (κ2) is 6.74. The molecule has 2 atom stereocenters. The Morgan fingerprint density at radius 2 is 1.89 bits per heavy atom. The average molecular weight is 279 g/mol. The van der Waals surface area contributed by atoms with Crippen molar-refractivity contribution in [1.82, 2.24) is 5.32 Å². The minimum atomic E-state index is -3.13. The fourth-order valence-electron chi connectivity index (χ4n) is 1.92. The van der Waals surface area contributed by atoms with E-state index in [0.29, 0.717) is 11.3 Å². The monoisotopic (exact) mass is 279 g/mol. The molecule has 2 unspecified atom stereocenters. The van der Waals surface area contributed by atoms with Crippen LogP contribution in [0.4, 0.5) is 0 Å². The summed E-state index contributed by atoms with van der Waals surface area (Å²) in [5.74, 6) is 2.66. The van der Waals surface area contributed by atoms with Gasteiger partial charge in [0.25, 0.3) is 0 Å². The molecule has 0 aromatic heterocycles. The van der Waals surface area contributed by atoms with Gasteiger partial charge in [-0.1, -0.05) is 19.1 Å². The second-order valence-corrected chi connectivity index (χ2v) is 6.76. The van der Waals surface area contributed by atoms with E-state index in [1.54, 1.807) is 12.1 Å². The van der Waals surface area contributed by atoms with Gasteiger partial charge in [0.2, 0.25) is 0 Å². The molecule has 1 aromatic rings. The summed E-state index contributed by atoms with van der Waals surface area (Å²) in [4.78, 5) is 0.346. The molecule has 104 valence electrons. The summed E-state index contributed by atoms with van der Waals surface area (Å²) in [6, 6.07) is 7.41. The molecule has 19 heavy (non-hydrogen) atoms. The van der Waals surface area contributed by atoms with Gasteiger partial charge in [-0.15, -0.1) is 12.3 Å². The quantitative estimate of drug-likeness (QED) is 0.814. The summed E-state index contributed by atoms with van der Waals surface area (Å²) in [5.41, 5.74) is 1.06. The standard InChI is InChI=1S/C15H21NO2S/c1-5-7-14(6-2)16-12(3)13-8-10-15(11-9-13)19(4,17)18/h1,8-12,14,16H,6-7H2,2-4H3. The van der Waals surface area contributed by atoms with Gasteiger partial charge in [0.1, 0.15) is 0 Å². The highest BCUT2D eigenvalue weighted by Crippen LogP contribution is 2.17. The zero-order chi connectivity index (χ0) is 14.5. The van der Waals surface area contributed by atoms with Gasteiger partial charge >= 0.3 is 0 Å². The Balaban J connectivity index is 2.78. The van der Waals surface area contributed by atoms with E-state index in [0.717, 1.165) is 12.0 Å². The topological polar surface area (TPSA) is 46.2 Å². The van der Waals surface area contributed by atoms with Crippen LogP contribution in [-0.4, -0.2) is 20.7 Å². The number of hydrogen-bond acceptors (Lipinski definition) is 3. The minimum absolute atomic E-state index is 0.145. The molecule has 0 aliphatic rings. The van der Waals surface area contributed by atoms with Crippen LogP contribution in [0.25, 0.3) is 0 Å². The van der Waals surface area contributed by atoms with E-state index < -0.39 is 9.84 Å². The van der Waals surface area contributed by atoms with E-state index in [1.165, 1.54) is 6.26 Å². The first-order valence-electron chi connectivity index (χ1n) is 6.38. The van der Waals surface area contributed by atoms with Crippen molar-refractivity contribution in [3.8, 4) is 12.3 Å². The Morgan fingerprint density at radius 3 is 2.32 bits per heavy atom. The van der Waals surface area contributed by atoms with E-state index in [-0.39, 0.29) is 12.1 Å². The van der Waals surface area contributed by atoms with Crippen molar-refractivity contribution in [2.45, 2.75) is 43.7 Å². The summed E-state index contributed by atoms with van der Waals surface area (Å²) in [6.07, 6.45) is 8.21. The van der Waals surface area contributed by atoms with Gasteiger partial charge < -0.3 is 5.32 Å². The molecule has 0 aliphatic heterocycles. The van der Waals surface area contributed by atoms with Crippen molar-refractivity contribution in [3.63, 3.8) is 0 Å². The zero-order valence-electron chi connectivity index (χ0n) is 11.7. The predicted octanol–water partition coefficient (Wildman–Crippen LogP) is 2.54. The highest BCUT2D eigenvalue weighted by molar-refractivity contribution is 7.90. The molecular formula is C15H21NO2S. The van der Waals surface area contributed by atoms with E-state index in [4.69, 9.17) is 6.42 Å². The Bertz CT molecular complexity index is 541. The summed E-state index contributed by atoms with van der Waals surface area (Å²) >= 11 is 0. The Labute approximate surface area is 116 Å². The molecule has 1 N–H and O–H groups in total. The maximum Gasteiger partial charge on any atom is 0.175 e. The first-order chi connectivity index (χ1) is 8.88. The zero-order valence-corrected chi connectivity index (χ0v) is 12.5. The molecule has 0 saturated heterocycles. The van der Waals surface area contributed by atoms with E-state index >= 15 is 0 Å². The Hall–Kier alpha value is -1.31. The lowest BCUT2D eigenvalue weighted by Gasteiger charge is -2.21. The number of hydrogen-bond donors (Lipinski definition) is 1. The SMILES string of the molecule is C#CCC(CC)NC(C)c1ccc(S(C)(=O)=O)cc1. The lowest BCUT2D eigenvalue weighted by Crippen LogP contribution is -2.30. The third-order valence-electron chi connectivity index (χ3n) is 3.15. The molecule has 1 aromatic carbocycles. The molecule has 0 bridgehead atoms.